The molecule has 54 valence electrons. The van der Waals surface area contributed by atoms with Crippen LogP contribution in [0.3, 0.4) is 0 Å². The van der Waals surface area contributed by atoms with E-state index >= 15 is 0 Å². The maximum absolute atomic E-state index is 10.4. The van der Waals surface area contributed by atoms with Gasteiger partial charge < -0.3 is 0 Å². The summed E-state index contributed by atoms with van der Waals surface area (Å²) in [6.45, 7) is 0. The Balaban J connectivity index is 2.67. The molecule has 1 aromatic heterocycles. The first-order valence-corrected chi connectivity index (χ1v) is 4.60. The van der Waals surface area contributed by atoms with Crippen LogP contribution in [0.1, 0.15) is 4.88 Å². The zero-order valence-corrected chi connectivity index (χ0v) is 8.09. The fraction of sp³-hybridized carbons (Fsp3) is 0.167. The second-order valence-electron chi connectivity index (χ2n) is 1.74. The standard InChI is InChI=1S/C6H4BrClOS/c7-5-2-1-4(10-5)3-6(8)9/h1-2H,3H2. The van der Waals surface area contributed by atoms with Crippen molar-refractivity contribution in [1.29, 1.82) is 0 Å². The van der Waals surface area contributed by atoms with Gasteiger partial charge in [-0.25, -0.2) is 0 Å². The van der Waals surface area contributed by atoms with E-state index in [2.05, 4.69) is 15.9 Å². The van der Waals surface area contributed by atoms with Crippen LogP contribution in [0.4, 0.5) is 0 Å². The van der Waals surface area contributed by atoms with Crippen molar-refractivity contribution in [3.05, 3.63) is 20.8 Å². The van der Waals surface area contributed by atoms with Gasteiger partial charge in [-0.1, -0.05) is 0 Å². The average molecular weight is 240 g/mol. The molecule has 0 fully saturated rings. The molecule has 0 amide bonds. The third-order valence-electron chi connectivity index (χ3n) is 0.942. The first kappa shape index (κ1) is 8.24. The van der Waals surface area contributed by atoms with Gasteiger partial charge in [0.25, 0.3) is 0 Å². The van der Waals surface area contributed by atoms with Crippen molar-refractivity contribution < 1.29 is 4.79 Å². The molecule has 1 heterocycles. The Hall–Kier alpha value is 0.140. The summed E-state index contributed by atoms with van der Waals surface area (Å²) in [4.78, 5) is 11.4. The summed E-state index contributed by atoms with van der Waals surface area (Å²) >= 11 is 9.99. The molecule has 0 N–H and O–H groups in total. The minimum atomic E-state index is -0.311. The van der Waals surface area contributed by atoms with E-state index in [0.717, 1.165) is 8.66 Å². The fourth-order valence-electron chi connectivity index (χ4n) is 0.584. The number of carbonyl (C=O) groups is 1. The van der Waals surface area contributed by atoms with Crippen molar-refractivity contribution in [2.75, 3.05) is 0 Å². The summed E-state index contributed by atoms with van der Waals surface area (Å²) in [5, 5.41) is -0.311. The minimum Gasteiger partial charge on any atom is -0.281 e. The molecule has 4 heteroatoms. The highest BCUT2D eigenvalue weighted by atomic mass is 79.9. The topological polar surface area (TPSA) is 17.1 Å². The van der Waals surface area contributed by atoms with Crippen LogP contribution >= 0.6 is 38.9 Å². The molecule has 0 atom stereocenters. The lowest BCUT2D eigenvalue weighted by atomic mass is 10.4. The van der Waals surface area contributed by atoms with Crippen molar-refractivity contribution in [3.8, 4) is 0 Å². The molecule has 0 spiro atoms. The van der Waals surface area contributed by atoms with Crippen LogP contribution < -0.4 is 0 Å². The third-order valence-corrected chi connectivity index (χ3v) is 2.70. The Kier molecular flexibility index (Phi) is 2.89. The summed E-state index contributed by atoms with van der Waals surface area (Å²) in [6, 6.07) is 3.79. The Morgan fingerprint density at radius 3 is 2.80 bits per heavy atom. The first-order chi connectivity index (χ1) is 4.68. The van der Waals surface area contributed by atoms with Crippen molar-refractivity contribution in [3.63, 3.8) is 0 Å². The Morgan fingerprint density at radius 2 is 2.40 bits per heavy atom. The molecule has 10 heavy (non-hydrogen) atoms. The molecular weight excluding hydrogens is 235 g/mol. The van der Waals surface area contributed by atoms with Gasteiger partial charge in [0.15, 0.2) is 0 Å². The van der Waals surface area contributed by atoms with Gasteiger partial charge in [-0.05, 0) is 39.7 Å². The largest absolute Gasteiger partial charge is 0.281 e. The molecule has 0 unspecified atom stereocenters. The maximum atomic E-state index is 10.4. The average Bonchev–Trinajstić information content (AvgIpc) is 2.13. The second-order valence-corrected chi connectivity index (χ2v) is 4.71. The van der Waals surface area contributed by atoms with E-state index < -0.39 is 0 Å². The number of halogens is 2. The van der Waals surface area contributed by atoms with Crippen molar-refractivity contribution >= 4 is 44.1 Å². The van der Waals surface area contributed by atoms with E-state index in [-0.39, 0.29) is 5.24 Å². The van der Waals surface area contributed by atoms with Crippen LogP contribution in [0, 0.1) is 0 Å². The molecule has 0 aliphatic carbocycles. The predicted molar refractivity (Wildman–Crippen MR) is 46.6 cm³/mol. The molecule has 1 nitrogen and oxygen atoms in total. The second kappa shape index (κ2) is 3.51. The van der Waals surface area contributed by atoms with Crippen LogP contribution in [0.15, 0.2) is 15.9 Å². The van der Waals surface area contributed by atoms with Crippen LogP contribution in [-0.2, 0) is 11.2 Å². The highest BCUT2D eigenvalue weighted by Crippen LogP contribution is 2.22. The van der Waals surface area contributed by atoms with E-state index in [1.54, 1.807) is 0 Å². The minimum absolute atomic E-state index is 0.311. The van der Waals surface area contributed by atoms with Gasteiger partial charge >= 0.3 is 0 Å². The third kappa shape index (κ3) is 2.40. The lowest BCUT2D eigenvalue weighted by Crippen LogP contribution is -1.88. The molecule has 0 radical (unpaired) electrons. The van der Waals surface area contributed by atoms with E-state index in [1.807, 2.05) is 12.1 Å². The SMILES string of the molecule is O=C(Cl)Cc1ccc(Br)s1. The lowest BCUT2D eigenvalue weighted by molar-refractivity contribution is -0.111. The predicted octanol–water partition coefficient (Wildman–Crippen LogP) is 2.82. The number of hydrogen-bond donors (Lipinski definition) is 0. The summed E-state index contributed by atoms with van der Waals surface area (Å²) in [7, 11) is 0. The smallest absolute Gasteiger partial charge is 0.226 e. The monoisotopic (exact) mass is 238 g/mol. The van der Waals surface area contributed by atoms with Crippen LogP contribution in [0.2, 0.25) is 0 Å². The summed E-state index contributed by atoms with van der Waals surface area (Å²) in [6.07, 6.45) is 0.331. The summed E-state index contributed by atoms with van der Waals surface area (Å²) in [5.41, 5.74) is 0. The molecule has 1 rings (SSSR count). The quantitative estimate of drug-likeness (QED) is 0.726. The highest BCUT2D eigenvalue weighted by molar-refractivity contribution is 9.11. The molecule has 0 saturated carbocycles. The number of rotatable bonds is 2. The summed E-state index contributed by atoms with van der Waals surface area (Å²) in [5.74, 6) is 0. The van der Waals surface area contributed by atoms with Gasteiger partial charge in [-0.3, -0.25) is 4.79 Å². The van der Waals surface area contributed by atoms with E-state index in [4.69, 9.17) is 11.6 Å². The molecule has 0 bridgehead atoms. The van der Waals surface area contributed by atoms with Gasteiger partial charge in [0, 0.05) is 4.88 Å². The molecule has 0 aliphatic rings. The number of hydrogen-bond acceptors (Lipinski definition) is 2. The number of carbonyl (C=O) groups excluding carboxylic acids is 1. The van der Waals surface area contributed by atoms with Crippen molar-refractivity contribution in [1.82, 2.24) is 0 Å². The van der Waals surface area contributed by atoms with E-state index in [1.165, 1.54) is 11.3 Å². The van der Waals surface area contributed by atoms with Crippen LogP contribution in [0.25, 0.3) is 0 Å². The van der Waals surface area contributed by atoms with E-state index in [9.17, 15) is 4.79 Å². The fourth-order valence-corrected chi connectivity index (χ4v) is 2.29. The van der Waals surface area contributed by atoms with Gasteiger partial charge in [0.05, 0.1) is 10.2 Å². The molecule has 0 saturated heterocycles. The molecular formula is C6H4BrClOS. The van der Waals surface area contributed by atoms with Crippen LogP contribution in [0.5, 0.6) is 0 Å². The highest BCUT2D eigenvalue weighted by Gasteiger charge is 2.01. The first-order valence-electron chi connectivity index (χ1n) is 2.61. The van der Waals surface area contributed by atoms with Gasteiger partial charge in [0.1, 0.15) is 0 Å². The summed E-state index contributed by atoms with van der Waals surface area (Å²) < 4.78 is 1.03. The lowest BCUT2D eigenvalue weighted by Gasteiger charge is -1.84. The van der Waals surface area contributed by atoms with Crippen molar-refractivity contribution in [2.24, 2.45) is 0 Å². The number of thiophene rings is 1. The van der Waals surface area contributed by atoms with E-state index in [0.29, 0.717) is 6.42 Å². The van der Waals surface area contributed by atoms with Gasteiger partial charge in [-0.15, -0.1) is 11.3 Å². The Labute approximate surface area is 76.1 Å². The molecule has 0 aromatic carbocycles. The zero-order valence-electron chi connectivity index (χ0n) is 4.93. The van der Waals surface area contributed by atoms with Crippen LogP contribution in [-0.4, -0.2) is 5.24 Å². The normalized spacial score (nSPS) is 9.80. The maximum Gasteiger partial charge on any atom is 0.226 e. The van der Waals surface area contributed by atoms with Crippen molar-refractivity contribution in [2.45, 2.75) is 6.42 Å². The Bertz CT molecular complexity index is 246. The van der Waals surface area contributed by atoms with Gasteiger partial charge in [0.2, 0.25) is 5.24 Å². The Morgan fingerprint density at radius 1 is 1.70 bits per heavy atom. The molecule has 0 aliphatic heterocycles. The van der Waals surface area contributed by atoms with Gasteiger partial charge in [-0.2, -0.15) is 0 Å². The zero-order chi connectivity index (χ0) is 7.56. The molecule has 1 aromatic rings.